The van der Waals surface area contributed by atoms with Gasteiger partial charge in [0.25, 0.3) is 5.56 Å². The Kier molecular flexibility index (Phi) is 4.49. The lowest BCUT2D eigenvalue weighted by Gasteiger charge is -2.27. The molecule has 1 aromatic heterocycles. The summed E-state index contributed by atoms with van der Waals surface area (Å²) in [5.41, 5.74) is 2.44. The minimum Gasteiger partial charge on any atom is -0.302 e. The zero-order valence-corrected chi connectivity index (χ0v) is 14.0. The molecule has 23 heavy (non-hydrogen) atoms. The van der Waals surface area contributed by atoms with E-state index < -0.39 is 0 Å². The molecule has 1 aliphatic carbocycles. The fourth-order valence-corrected chi connectivity index (χ4v) is 4.44. The summed E-state index contributed by atoms with van der Waals surface area (Å²) >= 11 is 0. The van der Waals surface area contributed by atoms with E-state index in [2.05, 4.69) is 14.9 Å². The highest BCUT2D eigenvalue weighted by Crippen LogP contribution is 2.20. The average Bonchev–Trinajstić information content (AvgIpc) is 3.26. The van der Waals surface area contributed by atoms with Crippen molar-refractivity contribution in [1.82, 2.24) is 19.6 Å². The van der Waals surface area contributed by atoms with Gasteiger partial charge < -0.3 is 4.90 Å². The van der Waals surface area contributed by atoms with Gasteiger partial charge in [-0.15, -0.1) is 0 Å². The highest BCUT2D eigenvalue weighted by Gasteiger charge is 2.26. The second kappa shape index (κ2) is 6.73. The van der Waals surface area contributed by atoms with E-state index in [0.717, 1.165) is 38.0 Å². The predicted octanol–water partition coefficient (Wildman–Crippen LogP) is 1.29. The molecule has 4 rings (SSSR count). The van der Waals surface area contributed by atoms with E-state index in [0.29, 0.717) is 6.04 Å². The Morgan fingerprint density at radius 3 is 2.78 bits per heavy atom. The molecule has 1 aromatic rings. The van der Waals surface area contributed by atoms with Gasteiger partial charge in [0.1, 0.15) is 0 Å². The SMILES string of the molecule is O=c1cc2c(nn1CC1CCCN1CCN1CCCC1)CCC2. The Hall–Kier alpha value is -1.20. The number of aromatic nitrogens is 2. The molecule has 2 saturated heterocycles. The monoisotopic (exact) mass is 316 g/mol. The Morgan fingerprint density at radius 2 is 1.91 bits per heavy atom. The second-order valence-corrected chi connectivity index (χ2v) is 7.37. The molecule has 0 saturated carbocycles. The Balaban J connectivity index is 1.40. The van der Waals surface area contributed by atoms with Crippen LogP contribution in [0, 0.1) is 0 Å². The Bertz CT molecular complexity index is 606. The van der Waals surface area contributed by atoms with Crippen LogP contribution in [0.5, 0.6) is 0 Å². The molecule has 3 aliphatic rings. The number of rotatable bonds is 5. The third-order valence-electron chi connectivity index (χ3n) is 5.81. The van der Waals surface area contributed by atoms with Gasteiger partial charge in [0.2, 0.25) is 0 Å². The van der Waals surface area contributed by atoms with E-state index in [4.69, 9.17) is 0 Å². The molecule has 0 aromatic carbocycles. The zero-order chi connectivity index (χ0) is 15.6. The van der Waals surface area contributed by atoms with Gasteiger partial charge >= 0.3 is 0 Å². The molecule has 0 N–H and O–H groups in total. The molecule has 0 bridgehead atoms. The van der Waals surface area contributed by atoms with Crippen LogP contribution in [0.3, 0.4) is 0 Å². The highest BCUT2D eigenvalue weighted by atomic mass is 16.1. The lowest BCUT2D eigenvalue weighted by molar-refractivity contribution is 0.193. The van der Waals surface area contributed by atoms with E-state index >= 15 is 0 Å². The van der Waals surface area contributed by atoms with E-state index in [1.165, 1.54) is 57.4 Å². The van der Waals surface area contributed by atoms with Crippen molar-refractivity contribution in [3.8, 4) is 0 Å². The third kappa shape index (κ3) is 3.36. The quantitative estimate of drug-likeness (QED) is 0.821. The van der Waals surface area contributed by atoms with Crippen LogP contribution >= 0.6 is 0 Å². The smallest absolute Gasteiger partial charge is 0.267 e. The van der Waals surface area contributed by atoms with Crippen LogP contribution in [0.2, 0.25) is 0 Å². The van der Waals surface area contributed by atoms with Crippen molar-refractivity contribution in [1.29, 1.82) is 0 Å². The summed E-state index contributed by atoms with van der Waals surface area (Å²) in [5, 5.41) is 4.66. The van der Waals surface area contributed by atoms with Gasteiger partial charge in [0.15, 0.2) is 0 Å². The van der Waals surface area contributed by atoms with Crippen LogP contribution in [0.4, 0.5) is 0 Å². The molecule has 126 valence electrons. The summed E-state index contributed by atoms with van der Waals surface area (Å²) in [7, 11) is 0. The second-order valence-electron chi connectivity index (χ2n) is 7.37. The summed E-state index contributed by atoms with van der Waals surface area (Å²) in [6.45, 7) is 6.81. The molecule has 1 unspecified atom stereocenters. The van der Waals surface area contributed by atoms with Crippen LogP contribution < -0.4 is 5.56 Å². The van der Waals surface area contributed by atoms with Gasteiger partial charge in [-0.25, -0.2) is 4.68 Å². The van der Waals surface area contributed by atoms with E-state index in [1.807, 2.05) is 6.07 Å². The Labute approximate surface area is 138 Å². The minimum absolute atomic E-state index is 0.0945. The van der Waals surface area contributed by atoms with Crippen molar-refractivity contribution < 1.29 is 0 Å². The van der Waals surface area contributed by atoms with Crippen LogP contribution in [0.15, 0.2) is 10.9 Å². The van der Waals surface area contributed by atoms with Crippen LogP contribution in [-0.4, -0.2) is 58.3 Å². The van der Waals surface area contributed by atoms with Gasteiger partial charge in [-0.2, -0.15) is 5.10 Å². The van der Waals surface area contributed by atoms with Gasteiger partial charge in [0.05, 0.1) is 12.2 Å². The maximum atomic E-state index is 12.3. The third-order valence-corrected chi connectivity index (χ3v) is 5.81. The number of nitrogens with zero attached hydrogens (tertiary/aromatic N) is 4. The van der Waals surface area contributed by atoms with Crippen molar-refractivity contribution in [2.45, 2.75) is 57.5 Å². The number of aryl methyl sites for hydroxylation is 2. The highest BCUT2D eigenvalue weighted by molar-refractivity contribution is 5.22. The predicted molar refractivity (Wildman–Crippen MR) is 90.8 cm³/mol. The fraction of sp³-hybridized carbons (Fsp3) is 0.778. The molecule has 3 heterocycles. The normalized spacial score (nSPS) is 25.3. The molecular formula is C18H28N4O. The Morgan fingerprint density at radius 1 is 1.04 bits per heavy atom. The number of hydrogen-bond donors (Lipinski definition) is 0. The maximum absolute atomic E-state index is 12.3. The molecule has 0 spiro atoms. The largest absolute Gasteiger partial charge is 0.302 e. The number of hydrogen-bond acceptors (Lipinski definition) is 4. The first-order chi connectivity index (χ1) is 11.3. The molecule has 5 nitrogen and oxygen atoms in total. The van der Waals surface area contributed by atoms with E-state index in [1.54, 1.807) is 4.68 Å². The molecule has 2 fully saturated rings. The van der Waals surface area contributed by atoms with Crippen LogP contribution in [0.1, 0.15) is 43.4 Å². The average molecular weight is 316 g/mol. The lowest BCUT2D eigenvalue weighted by Crippen LogP contribution is -2.41. The van der Waals surface area contributed by atoms with Crippen LogP contribution in [-0.2, 0) is 19.4 Å². The molecule has 5 heteroatoms. The summed E-state index contributed by atoms with van der Waals surface area (Å²) in [5.74, 6) is 0. The van der Waals surface area contributed by atoms with E-state index in [9.17, 15) is 4.79 Å². The zero-order valence-electron chi connectivity index (χ0n) is 14.0. The fourth-order valence-electron chi connectivity index (χ4n) is 4.44. The summed E-state index contributed by atoms with van der Waals surface area (Å²) in [6, 6.07) is 2.32. The van der Waals surface area contributed by atoms with Gasteiger partial charge in [-0.1, -0.05) is 0 Å². The van der Waals surface area contributed by atoms with Gasteiger partial charge in [-0.3, -0.25) is 9.69 Å². The van der Waals surface area contributed by atoms with Gasteiger partial charge in [0, 0.05) is 25.2 Å². The summed E-state index contributed by atoms with van der Waals surface area (Å²) in [4.78, 5) is 17.5. The van der Waals surface area contributed by atoms with Gasteiger partial charge in [-0.05, 0) is 70.1 Å². The summed E-state index contributed by atoms with van der Waals surface area (Å²) < 4.78 is 1.74. The van der Waals surface area contributed by atoms with Crippen LogP contribution in [0.25, 0.3) is 0 Å². The minimum atomic E-state index is 0.0945. The first kappa shape index (κ1) is 15.3. The molecule has 0 radical (unpaired) electrons. The number of fused-ring (bicyclic) bond motifs is 1. The van der Waals surface area contributed by atoms with Crippen molar-refractivity contribution in [3.63, 3.8) is 0 Å². The van der Waals surface area contributed by atoms with E-state index in [-0.39, 0.29) is 5.56 Å². The molecular weight excluding hydrogens is 288 g/mol. The lowest BCUT2D eigenvalue weighted by atomic mass is 10.2. The molecule has 2 aliphatic heterocycles. The number of likely N-dealkylation sites (tertiary alicyclic amines) is 2. The van der Waals surface area contributed by atoms with Crippen molar-refractivity contribution >= 4 is 0 Å². The van der Waals surface area contributed by atoms with Crippen molar-refractivity contribution in [3.05, 3.63) is 27.7 Å². The first-order valence-electron chi connectivity index (χ1n) is 9.36. The summed E-state index contributed by atoms with van der Waals surface area (Å²) in [6.07, 6.45) is 8.39. The maximum Gasteiger partial charge on any atom is 0.267 e. The van der Waals surface area contributed by atoms with Crippen molar-refractivity contribution in [2.75, 3.05) is 32.7 Å². The standard InChI is InChI=1S/C18H28N4O/c23-18-13-15-5-3-7-17(15)19-22(18)14-16-6-4-10-21(16)12-11-20-8-1-2-9-20/h13,16H,1-12,14H2. The topological polar surface area (TPSA) is 41.4 Å². The van der Waals surface area contributed by atoms with Crippen molar-refractivity contribution in [2.24, 2.45) is 0 Å². The molecule has 1 atom stereocenters. The molecule has 0 amide bonds. The first-order valence-corrected chi connectivity index (χ1v) is 9.36.